The van der Waals surface area contributed by atoms with E-state index in [4.69, 9.17) is 16.3 Å². The zero-order chi connectivity index (χ0) is 27.9. The van der Waals surface area contributed by atoms with Gasteiger partial charge in [-0.1, -0.05) is 78.0 Å². The molecule has 0 unspecified atom stereocenters. The zero-order valence-electron chi connectivity index (χ0n) is 21.9. The maximum Gasteiger partial charge on any atom is 0.250 e. The average molecular weight is 568 g/mol. The monoisotopic (exact) mass is 567 g/mol. The summed E-state index contributed by atoms with van der Waals surface area (Å²) in [5.41, 5.74) is 8.26. The molecule has 1 N–H and O–H groups in total. The van der Waals surface area contributed by atoms with Gasteiger partial charge in [-0.15, -0.1) is 10.2 Å². The van der Waals surface area contributed by atoms with Crippen molar-refractivity contribution in [2.75, 3.05) is 12.9 Å². The molecule has 0 spiro atoms. The maximum atomic E-state index is 12.7. The van der Waals surface area contributed by atoms with Gasteiger partial charge in [-0.25, -0.2) is 5.43 Å². The molecule has 1 aromatic heterocycles. The first-order chi connectivity index (χ1) is 19.5. The van der Waals surface area contributed by atoms with Crippen LogP contribution in [0.2, 0.25) is 5.02 Å². The number of carbonyl (C=O) groups excluding carboxylic acids is 1. The molecule has 0 radical (unpaired) electrons. The van der Waals surface area contributed by atoms with Crippen molar-refractivity contribution in [2.24, 2.45) is 5.10 Å². The van der Waals surface area contributed by atoms with Crippen molar-refractivity contribution < 1.29 is 9.53 Å². The van der Waals surface area contributed by atoms with Crippen LogP contribution in [0.4, 0.5) is 0 Å². The number of thioether (sulfide) groups is 1. The Morgan fingerprint density at radius 3 is 2.20 bits per heavy atom. The SMILES string of the molecule is COc1ccc(-c2nnc(SCC(=O)N/N=C(/C)c3ccc(-c4ccccc4)cc3)n2-c2ccc(Cl)cc2)cc1. The topological polar surface area (TPSA) is 81.4 Å². The first-order valence-electron chi connectivity index (χ1n) is 12.5. The van der Waals surface area contributed by atoms with E-state index in [1.807, 2.05) is 90.4 Å². The van der Waals surface area contributed by atoms with E-state index in [0.717, 1.165) is 33.7 Å². The summed E-state index contributed by atoms with van der Waals surface area (Å²) < 4.78 is 7.18. The fourth-order valence-electron chi connectivity index (χ4n) is 4.02. The third-order valence-corrected chi connectivity index (χ3v) is 7.34. The number of carbonyl (C=O) groups is 1. The van der Waals surface area contributed by atoms with Gasteiger partial charge in [0.2, 0.25) is 0 Å². The first kappa shape index (κ1) is 27.2. The molecule has 0 saturated carbocycles. The lowest BCUT2D eigenvalue weighted by Gasteiger charge is -2.11. The molecule has 5 rings (SSSR count). The number of ether oxygens (including phenoxy) is 1. The summed E-state index contributed by atoms with van der Waals surface area (Å²) in [6.07, 6.45) is 0. The number of benzene rings is 4. The molecule has 0 aliphatic carbocycles. The Hall–Kier alpha value is -4.40. The lowest BCUT2D eigenvalue weighted by molar-refractivity contribution is -0.118. The van der Waals surface area contributed by atoms with Crippen LogP contribution in [0.25, 0.3) is 28.2 Å². The fraction of sp³-hybridized carbons (Fsp3) is 0.0968. The van der Waals surface area contributed by atoms with Crippen molar-refractivity contribution in [3.05, 3.63) is 114 Å². The Balaban J connectivity index is 1.28. The summed E-state index contributed by atoms with van der Waals surface area (Å²) >= 11 is 7.40. The van der Waals surface area contributed by atoms with Crippen molar-refractivity contribution in [1.82, 2.24) is 20.2 Å². The van der Waals surface area contributed by atoms with Gasteiger partial charge in [0.25, 0.3) is 5.91 Å². The molecule has 7 nitrogen and oxygen atoms in total. The summed E-state index contributed by atoms with van der Waals surface area (Å²) in [4.78, 5) is 12.7. The van der Waals surface area contributed by atoms with E-state index in [-0.39, 0.29) is 11.7 Å². The van der Waals surface area contributed by atoms with E-state index in [9.17, 15) is 4.79 Å². The minimum Gasteiger partial charge on any atom is -0.497 e. The second kappa shape index (κ2) is 12.6. The second-order valence-corrected chi connectivity index (χ2v) is 10.2. The number of hydrogen-bond acceptors (Lipinski definition) is 6. The summed E-state index contributed by atoms with van der Waals surface area (Å²) in [6.45, 7) is 1.86. The molecular weight excluding hydrogens is 542 g/mol. The number of nitrogens with zero attached hydrogens (tertiary/aromatic N) is 4. The normalized spacial score (nSPS) is 11.3. The van der Waals surface area contributed by atoms with Crippen molar-refractivity contribution >= 4 is 35.0 Å². The molecule has 4 aromatic carbocycles. The van der Waals surface area contributed by atoms with Gasteiger partial charge in [0, 0.05) is 16.3 Å². The number of nitrogens with one attached hydrogen (secondary N) is 1. The minimum atomic E-state index is -0.248. The van der Waals surface area contributed by atoms with Gasteiger partial charge >= 0.3 is 0 Å². The Morgan fingerprint density at radius 2 is 1.52 bits per heavy atom. The molecule has 0 bridgehead atoms. The van der Waals surface area contributed by atoms with Crippen molar-refractivity contribution in [2.45, 2.75) is 12.1 Å². The molecule has 0 fully saturated rings. The highest BCUT2D eigenvalue weighted by Gasteiger charge is 2.17. The molecule has 1 heterocycles. The molecule has 1 amide bonds. The highest BCUT2D eigenvalue weighted by molar-refractivity contribution is 7.99. The van der Waals surface area contributed by atoms with Gasteiger partial charge in [0.15, 0.2) is 11.0 Å². The molecule has 0 saturated heterocycles. The minimum absolute atomic E-state index is 0.109. The highest BCUT2D eigenvalue weighted by atomic mass is 35.5. The van der Waals surface area contributed by atoms with Crippen LogP contribution in [0, 0.1) is 0 Å². The average Bonchev–Trinajstić information content (AvgIpc) is 3.43. The van der Waals surface area contributed by atoms with Gasteiger partial charge in [-0.05, 0) is 72.1 Å². The molecule has 0 atom stereocenters. The van der Waals surface area contributed by atoms with E-state index in [1.165, 1.54) is 11.8 Å². The van der Waals surface area contributed by atoms with Gasteiger partial charge in [0.1, 0.15) is 5.75 Å². The predicted octanol–water partition coefficient (Wildman–Crippen LogP) is 6.90. The highest BCUT2D eigenvalue weighted by Crippen LogP contribution is 2.29. The molecule has 9 heteroatoms. The fourth-order valence-corrected chi connectivity index (χ4v) is 4.89. The Labute approximate surface area is 241 Å². The van der Waals surface area contributed by atoms with E-state index >= 15 is 0 Å². The quantitative estimate of drug-likeness (QED) is 0.119. The Morgan fingerprint density at radius 1 is 0.875 bits per heavy atom. The largest absolute Gasteiger partial charge is 0.497 e. The van der Waals surface area contributed by atoms with Crippen LogP contribution in [0.15, 0.2) is 113 Å². The zero-order valence-corrected chi connectivity index (χ0v) is 23.5. The van der Waals surface area contributed by atoms with Crippen LogP contribution in [0.5, 0.6) is 5.75 Å². The van der Waals surface area contributed by atoms with Crippen LogP contribution in [0.1, 0.15) is 12.5 Å². The first-order valence-corrected chi connectivity index (χ1v) is 13.9. The smallest absolute Gasteiger partial charge is 0.250 e. The summed E-state index contributed by atoms with van der Waals surface area (Å²) in [7, 11) is 1.62. The van der Waals surface area contributed by atoms with E-state index in [0.29, 0.717) is 21.7 Å². The standard InChI is InChI=1S/C31H26ClN5O2S/c1-21(22-8-10-24(11-9-22)23-6-4-3-5-7-23)33-34-29(38)20-40-31-36-35-30(25-12-18-28(39-2)19-13-25)37(31)27-16-14-26(32)15-17-27/h3-19H,20H2,1-2H3,(H,34,38)/b33-21-. The van der Waals surface area contributed by atoms with Gasteiger partial charge in [0.05, 0.1) is 18.6 Å². The number of methoxy groups -OCH3 is 1. The van der Waals surface area contributed by atoms with Crippen LogP contribution in [-0.4, -0.2) is 39.2 Å². The summed E-state index contributed by atoms with van der Waals surface area (Å²) in [5, 5.41) is 14.3. The molecular formula is C31H26ClN5O2S. The summed E-state index contributed by atoms with van der Waals surface area (Å²) in [6, 6.07) is 33.2. The number of aromatic nitrogens is 3. The third-order valence-electron chi connectivity index (χ3n) is 6.16. The number of hydrazone groups is 1. The van der Waals surface area contributed by atoms with E-state index in [2.05, 4.69) is 32.9 Å². The number of amides is 1. The van der Waals surface area contributed by atoms with Gasteiger partial charge in [-0.3, -0.25) is 9.36 Å². The predicted molar refractivity (Wildman–Crippen MR) is 161 cm³/mol. The second-order valence-electron chi connectivity index (χ2n) is 8.81. The number of rotatable bonds is 9. The van der Waals surface area contributed by atoms with Crippen LogP contribution in [-0.2, 0) is 4.79 Å². The van der Waals surface area contributed by atoms with Crippen molar-refractivity contribution in [3.63, 3.8) is 0 Å². The number of hydrogen-bond donors (Lipinski definition) is 1. The third kappa shape index (κ3) is 6.42. The van der Waals surface area contributed by atoms with Crippen molar-refractivity contribution in [1.29, 1.82) is 0 Å². The molecule has 200 valence electrons. The van der Waals surface area contributed by atoms with Crippen LogP contribution in [0.3, 0.4) is 0 Å². The Bertz CT molecular complexity index is 1620. The van der Waals surface area contributed by atoms with E-state index in [1.54, 1.807) is 19.2 Å². The van der Waals surface area contributed by atoms with Gasteiger partial charge < -0.3 is 4.74 Å². The molecule has 5 aromatic rings. The van der Waals surface area contributed by atoms with E-state index < -0.39 is 0 Å². The molecule has 0 aliphatic rings. The lowest BCUT2D eigenvalue weighted by atomic mass is 10.0. The number of halogens is 1. The molecule has 40 heavy (non-hydrogen) atoms. The Kier molecular flexibility index (Phi) is 8.59. The molecule has 0 aliphatic heterocycles. The lowest BCUT2D eigenvalue weighted by Crippen LogP contribution is -2.21. The van der Waals surface area contributed by atoms with Crippen LogP contribution >= 0.6 is 23.4 Å². The van der Waals surface area contributed by atoms with Crippen molar-refractivity contribution in [3.8, 4) is 34.0 Å². The summed E-state index contributed by atoms with van der Waals surface area (Å²) in [5.74, 6) is 1.25. The van der Waals surface area contributed by atoms with Crippen LogP contribution < -0.4 is 10.2 Å². The van der Waals surface area contributed by atoms with Gasteiger partial charge in [-0.2, -0.15) is 5.10 Å². The maximum absolute atomic E-state index is 12.7.